The van der Waals surface area contributed by atoms with Gasteiger partial charge in [0.1, 0.15) is 0 Å². The highest BCUT2D eigenvalue weighted by molar-refractivity contribution is 5.14. The van der Waals surface area contributed by atoms with Gasteiger partial charge in [-0.1, -0.05) is 30.3 Å². The number of rotatable bonds is 5. The highest BCUT2D eigenvalue weighted by Crippen LogP contribution is 2.26. The Hall–Kier alpha value is -1.54. The van der Waals surface area contributed by atoms with E-state index in [-0.39, 0.29) is 6.54 Å². The molecular formula is C13H15F3N2. The van der Waals surface area contributed by atoms with E-state index in [0.717, 1.165) is 5.56 Å². The Balaban J connectivity index is 2.43. The Morgan fingerprint density at radius 1 is 1.28 bits per heavy atom. The van der Waals surface area contributed by atoms with Crippen molar-refractivity contribution in [3.8, 4) is 6.07 Å². The van der Waals surface area contributed by atoms with Gasteiger partial charge in [0.2, 0.25) is 0 Å². The minimum atomic E-state index is -4.45. The Kier molecular flexibility index (Phi) is 5.17. The maximum atomic E-state index is 12.4. The number of likely N-dealkylation sites (N-methyl/N-ethyl adjacent to an activating group) is 1. The largest absolute Gasteiger partial charge is 0.405 e. The van der Waals surface area contributed by atoms with Crippen LogP contribution < -0.4 is 0 Å². The average Bonchev–Trinajstić information content (AvgIpc) is 2.33. The van der Waals surface area contributed by atoms with Gasteiger partial charge in [0.05, 0.1) is 6.07 Å². The summed E-state index contributed by atoms with van der Waals surface area (Å²) in [5.74, 6) is -1.92. The average molecular weight is 256 g/mol. The zero-order valence-electron chi connectivity index (χ0n) is 10.1. The summed E-state index contributed by atoms with van der Waals surface area (Å²) in [5, 5.41) is 8.50. The van der Waals surface area contributed by atoms with Gasteiger partial charge in [0, 0.05) is 13.1 Å². The second kappa shape index (κ2) is 6.41. The maximum absolute atomic E-state index is 12.4. The second-order valence-corrected chi connectivity index (χ2v) is 4.22. The summed E-state index contributed by atoms with van der Waals surface area (Å²) in [4.78, 5) is 1.54. The lowest BCUT2D eigenvalue weighted by atomic mass is 10.1. The van der Waals surface area contributed by atoms with Crippen LogP contribution in [0.15, 0.2) is 30.3 Å². The summed E-state index contributed by atoms with van der Waals surface area (Å²) < 4.78 is 37.2. The lowest BCUT2D eigenvalue weighted by Crippen LogP contribution is -2.34. The Bertz CT molecular complexity index is 395. The fourth-order valence-electron chi connectivity index (χ4n) is 1.59. The zero-order chi connectivity index (χ0) is 13.6. The van der Waals surface area contributed by atoms with Crippen LogP contribution in [0.1, 0.15) is 5.56 Å². The van der Waals surface area contributed by atoms with E-state index in [9.17, 15) is 13.2 Å². The molecule has 0 amide bonds. The topological polar surface area (TPSA) is 27.0 Å². The smallest absolute Gasteiger partial charge is 0.304 e. The second-order valence-electron chi connectivity index (χ2n) is 4.22. The number of benzene rings is 1. The molecule has 0 saturated carbocycles. The number of nitrogens with zero attached hydrogens (tertiary/aromatic N) is 2. The Labute approximate surface area is 105 Å². The summed E-state index contributed by atoms with van der Waals surface area (Å²) >= 11 is 0. The molecule has 0 spiro atoms. The van der Waals surface area contributed by atoms with E-state index in [1.165, 1.54) is 11.0 Å². The lowest BCUT2D eigenvalue weighted by Gasteiger charge is -2.21. The zero-order valence-corrected chi connectivity index (χ0v) is 10.1. The normalized spacial score (nSPS) is 13.3. The van der Waals surface area contributed by atoms with Crippen LogP contribution in [0.2, 0.25) is 0 Å². The molecule has 1 unspecified atom stereocenters. The van der Waals surface area contributed by atoms with E-state index in [4.69, 9.17) is 5.26 Å². The van der Waals surface area contributed by atoms with Crippen molar-refractivity contribution >= 4 is 0 Å². The van der Waals surface area contributed by atoms with E-state index >= 15 is 0 Å². The predicted molar refractivity (Wildman–Crippen MR) is 62.8 cm³/mol. The molecule has 0 fully saturated rings. The van der Waals surface area contributed by atoms with Gasteiger partial charge in [0.25, 0.3) is 0 Å². The van der Waals surface area contributed by atoms with Crippen molar-refractivity contribution in [3.05, 3.63) is 35.9 Å². The van der Waals surface area contributed by atoms with Gasteiger partial charge in [-0.05, 0) is 19.0 Å². The molecule has 0 aliphatic rings. The van der Waals surface area contributed by atoms with E-state index < -0.39 is 12.1 Å². The molecular weight excluding hydrogens is 241 g/mol. The quantitative estimate of drug-likeness (QED) is 0.810. The van der Waals surface area contributed by atoms with Crippen LogP contribution in [0.5, 0.6) is 0 Å². The third-order valence-electron chi connectivity index (χ3n) is 2.67. The standard InChI is InChI=1S/C13H15F3N2/c1-18(10-12(9-17)13(14,15)16)8-7-11-5-3-2-4-6-11/h2-6,12H,7-8,10H2,1H3. The van der Waals surface area contributed by atoms with Gasteiger partial charge in [-0.15, -0.1) is 0 Å². The van der Waals surface area contributed by atoms with Crippen LogP contribution in [0.4, 0.5) is 13.2 Å². The molecule has 2 nitrogen and oxygen atoms in total. The summed E-state index contributed by atoms with van der Waals surface area (Å²) in [6, 6.07) is 10.8. The van der Waals surface area contributed by atoms with Crippen molar-refractivity contribution in [1.82, 2.24) is 4.90 Å². The van der Waals surface area contributed by atoms with Crippen LogP contribution in [0.3, 0.4) is 0 Å². The van der Waals surface area contributed by atoms with E-state index in [0.29, 0.717) is 13.0 Å². The molecule has 0 bridgehead atoms. The van der Waals surface area contributed by atoms with Crippen molar-refractivity contribution in [2.45, 2.75) is 12.6 Å². The molecule has 1 rings (SSSR count). The van der Waals surface area contributed by atoms with Gasteiger partial charge < -0.3 is 4.90 Å². The van der Waals surface area contributed by atoms with Crippen LogP contribution in [-0.4, -0.2) is 31.2 Å². The highest BCUT2D eigenvalue weighted by atomic mass is 19.4. The maximum Gasteiger partial charge on any atom is 0.405 e. The number of hydrogen-bond donors (Lipinski definition) is 0. The van der Waals surface area contributed by atoms with Gasteiger partial charge >= 0.3 is 6.18 Å². The number of nitriles is 1. The molecule has 98 valence electrons. The molecule has 0 saturated heterocycles. The van der Waals surface area contributed by atoms with Crippen LogP contribution in [0, 0.1) is 17.2 Å². The molecule has 0 aliphatic heterocycles. The molecule has 5 heteroatoms. The van der Waals surface area contributed by atoms with Crippen molar-refractivity contribution < 1.29 is 13.2 Å². The van der Waals surface area contributed by atoms with E-state index in [1.54, 1.807) is 7.05 Å². The first-order valence-electron chi connectivity index (χ1n) is 5.62. The van der Waals surface area contributed by atoms with Crippen molar-refractivity contribution in [1.29, 1.82) is 5.26 Å². The molecule has 1 atom stereocenters. The lowest BCUT2D eigenvalue weighted by molar-refractivity contribution is -0.162. The predicted octanol–water partition coefficient (Wildman–Crippen LogP) is 2.86. The molecule has 18 heavy (non-hydrogen) atoms. The summed E-state index contributed by atoms with van der Waals surface area (Å²) in [7, 11) is 1.60. The first-order valence-corrected chi connectivity index (χ1v) is 5.62. The molecule has 0 aromatic heterocycles. The molecule has 0 N–H and O–H groups in total. The minimum Gasteiger partial charge on any atom is -0.304 e. The van der Waals surface area contributed by atoms with Crippen LogP contribution in [-0.2, 0) is 6.42 Å². The van der Waals surface area contributed by atoms with Crippen LogP contribution in [0.25, 0.3) is 0 Å². The molecule has 0 aliphatic carbocycles. The van der Waals surface area contributed by atoms with Gasteiger partial charge in [-0.3, -0.25) is 0 Å². The third-order valence-corrected chi connectivity index (χ3v) is 2.67. The Morgan fingerprint density at radius 3 is 2.39 bits per heavy atom. The van der Waals surface area contributed by atoms with Gasteiger partial charge in [0.15, 0.2) is 5.92 Å². The van der Waals surface area contributed by atoms with Crippen molar-refractivity contribution in [2.24, 2.45) is 5.92 Å². The fourth-order valence-corrected chi connectivity index (χ4v) is 1.59. The minimum absolute atomic E-state index is 0.285. The number of hydrogen-bond acceptors (Lipinski definition) is 2. The van der Waals surface area contributed by atoms with E-state index in [2.05, 4.69) is 0 Å². The summed E-state index contributed by atoms with van der Waals surface area (Å²) in [6.45, 7) is 0.213. The van der Waals surface area contributed by atoms with E-state index in [1.807, 2.05) is 30.3 Å². The van der Waals surface area contributed by atoms with Crippen molar-refractivity contribution in [3.63, 3.8) is 0 Å². The monoisotopic (exact) mass is 256 g/mol. The molecule has 0 heterocycles. The summed E-state index contributed by atoms with van der Waals surface area (Å²) in [5.41, 5.74) is 1.07. The third kappa shape index (κ3) is 4.76. The van der Waals surface area contributed by atoms with Crippen LogP contribution >= 0.6 is 0 Å². The van der Waals surface area contributed by atoms with Gasteiger partial charge in [-0.2, -0.15) is 18.4 Å². The van der Waals surface area contributed by atoms with Gasteiger partial charge in [-0.25, -0.2) is 0 Å². The SMILES string of the molecule is CN(CCc1ccccc1)CC(C#N)C(F)(F)F. The number of alkyl halides is 3. The molecule has 1 aromatic rings. The fraction of sp³-hybridized carbons (Fsp3) is 0.462. The van der Waals surface area contributed by atoms with Crippen molar-refractivity contribution in [2.75, 3.05) is 20.1 Å². The first kappa shape index (κ1) is 14.5. The molecule has 0 radical (unpaired) electrons. The Morgan fingerprint density at radius 2 is 1.89 bits per heavy atom. The summed E-state index contributed by atoms with van der Waals surface area (Å²) in [6.07, 6.45) is -3.77. The first-order chi connectivity index (χ1) is 8.43. The number of halogens is 3. The highest BCUT2D eigenvalue weighted by Gasteiger charge is 2.40. The molecule has 1 aromatic carbocycles.